The van der Waals surface area contributed by atoms with E-state index < -0.39 is 11.4 Å². The zero-order chi connectivity index (χ0) is 11.3. The summed E-state index contributed by atoms with van der Waals surface area (Å²) >= 11 is 0. The Morgan fingerprint density at radius 1 is 1.40 bits per heavy atom. The lowest BCUT2D eigenvalue weighted by Crippen LogP contribution is -2.35. The minimum absolute atomic E-state index is 0.586. The second kappa shape index (κ2) is 4.94. The van der Waals surface area contributed by atoms with Crippen molar-refractivity contribution in [2.75, 3.05) is 13.6 Å². The number of hydrogen-bond acceptors (Lipinski definition) is 2. The predicted octanol–water partition coefficient (Wildman–Crippen LogP) is 1.64. The van der Waals surface area contributed by atoms with Crippen LogP contribution in [0, 0.1) is 0 Å². The molecule has 0 amide bonds. The average Bonchev–Trinajstić information content (AvgIpc) is 2.27. The van der Waals surface area contributed by atoms with Gasteiger partial charge in [-0.25, -0.2) is 0 Å². The fourth-order valence-electron chi connectivity index (χ4n) is 1.56. The molecule has 82 valence electrons. The molecule has 0 radical (unpaired) electrons. The molecule has 0 aliphatic rings. The van der Waals surface area contributed by atoms with Gasteiger partial charge in [0, 0.05) is 0 Å². The topological polar surface area (TPSA) is 49.3 Å². The summed E-state index contributed by atoms with van der Waals surface area (Å²) in [5, 5.41) is 12.3. The number of carboxylic acid groups (broad SMARTS) is 1. The fourth-order valence-corrected chi connectivity index (χ4v) is 1.56. The summed E-state index contributed by atoms with van der Waals surface area (Å²) < 4.78 is 0. The van der Waals surface area contributed by atoms with E-state index in [0.717, 1.165) is 5.56 Å². The zero-order valence-corrected chi connectivity index (χ0v) is 9.16. The quantitative estimate of drug-likeness (QED) is 0.771. The molecule has 0 aromatic heterocycles. The summed E-state index contributed by atoms with van der Waals surface area (Å²) in [5.74, 6) is -0.774. The van der Waals surface area contributed by atoms with Crippen molar-refractivity contribution < 1.29 is 9.90 Å². The maximum Gasteiger partial charge on any atom is 0.313 e. The van der Waals surface area contributed by atoms with Gasteiger partial charge in [-0.15, -0.1) is 0 Å². The number of hydrogen-bond donors (Lipinski definition) is 2. The highest BCUT2D eigenvalue weighted by Crippen LogP contribution is 2.27. The van der Waals surface area contributed by atoms with Gasteiger partial charge < -0.3 is 10.4 Å². The Balaban J connectivity index is 2.96. The number of carbonyl (C=O) groups is 1. The Hall–Kier alpha value is -1.35. The van der Waals surface area contributed by atoms with Crippen LogP contribution in [0.5, 0.6) is 0 Å². The molecule has 15 heavy (non-hydrogen) atoms. The first-order chi connectivity index (χ1) is 7.11. The highest BCUT2D eigenvalue weighted by Gasteiger charge is 2.34. The van der Waals surface area contributed by atoms with Crippen molar-refractivity contribution in [3.8, 4) is 0 Å². The van der Waals surface area contributed by atoms with Crippen molar-refractivity contribution in [2.24, 2.45) is 0 Å². The van der Waals surface area contributed by atoms with E-state index in [4.69, 9.17) is 0 Å². The van der Waals surface area contributed by atoms with Crippen LogP contribution in [0.25, 0.3) is 0 Å². The molecule has 0 aliphatic heterocycles. The van der Waals surface area contributed by atoms with E-state index in [2.05, 4.69) is 5.32 Å². The van der Waals surface area contributed by atoms with Crippen LogP contribution in [0.15, 0.2) is 30.3 Å². The molecule has 3 nitrogen and oxygen atoms in total. The molecule has 1 unspecified atom stereocenters. The molecule has 1 atom stereocenters. The van der Waals surface area contributed by atoms with Crippen LogP contribution < -0.4 is 5.32 Å². The minimum atomic E-state index is -0.801. The number of carboxylic acids is 1. The van der Waals surface area contributed by atoms with Crippen molar-refractivity contribution in [1.29, 1.82) is 0 Å². The third-order valence-electron chi connectivity index (χ3n) is 2.76. The fraction of sp³-hybridized carbons (Fsp3) is 0.417. The molecule has 1 aromatic rings. The first kappa shape index (κ1) is 11.7. The average molecular weight is 207 g/mol. The second-order valence-corrected chi connectivity index (χ2v) is 3.86. The Kier molecular flexibility index (Phi) is 3.86. The van der Waals surface area contributed by atoms with Crippen LogP contribution in [0.1, 0.15) is 18.9 Å². The van der Waals surface area contributed by atoms with Crippen molar-refractivity contribution in [3.05, 3.63) is 35.9 Å². The standard InChI is InChI=1S/C12H17NO2/c1-12(11(14)15,8-9-13-2)10-6-4-3-5-7-10/h3-7,13H,8-9H2,1-2H3,(H,14,15). The molecule has 0 aliphatic carbocycles. The molecule has 0 bridgehead atoms. The second-order valence-electron chi connectivity index (χ2n) is 3.86. The van der Waals surface area contributed by atoms with E-state index in [9.17, 15) is 9.90 Å². The number of aliphatic carboxylic acids is 1. The summed E-state index contributed by atoms with van der Waals surface area (Å²) in [5.41, 5.74) is 0.0531. The van der Waals surface area contributed by atoms with Crippen LogP contribution in [-0.2, 0) is 10.2 Å². The highest BCUT2D eigenvalue weighted by atomic mass is 16.4. The number of nitrogens with one attached hydrogen (secondary N) is 1. The summed E-state index contributed by atoms with van der Waals surface area (Å²) in [6.45, 7) is 2.46. The summed E-state index contributed by atoms with van der Waals surface area (Å²) in [7, 11) is 1.83. The molecule has 0 saturated carbocycles. The maximum atomic E-state index is 11.3. The zero-order valence-electron chi connectivity index (χ0n) is 9.16. The third kappa shape index (κ3) is 2.57. The lowest BCUT2D eigenvalue weighted by molar-refractivity contribution is -0.143. The van der Waals surface area contributed by atoms with Gasteiger partial charge in [-0.2, -0.15) is 0 Å². The van der Waals surface area contributed by atoms with Gasteiger partial charge in [0.15, 0.2) is 0 Å². The highest BCUT2D eigenvalue weighted by molar-refractivity contribution is 5.80. The third-order valence-corrected chi connectivity index (χ3v) is 2.76. The van der Waals surface area contributed by atoms with Gasteiger partial charge in [-0.05, 0) is 32.5 Å². The van der Waals surface area contributed by atoms with E-state index in [1.807, 2.05) is 37.4 Å². The predicted molar refractivity (Wildman–Crippen MR) is 60.0 cm³/mol. The molecule has 1 rings (SSSR count). The summed E-state index contributed by atoms with van der Waals surface area (Å²) in [4.78, 5) is 11.3. The monoisotopic (exact) mass is 207 g/mol. The van der Waals surface area contributed by atoms with Crippen LogP contribution in [0.4, 0.5) is 0 Å². The maximum absolute atomic E-state index is 11.3. The van der Waals surface area contributed by atoms with Crippen molar-refractivity contribution in [2.45, 2.75) is 18.8 Å². The lowest BCUT2D eigenvalue weighted by atomic mass is 9.79. The van der Waals surface area contributed by atoms with Crippen LogP contribution in [-0.4, -0.2) is 24.7 Å². The van der Waals surface area contributed by atoms with Crippen molar-refractivity contribution >= 4 is 5.97 Å². The molecule has 0 spiro atoms. The Labute approximate surface area is 90.1 Å². The van der Waals surface area contributed by atoms with Gasteiger partial charge in [-0.3, -0.25) is 4.79 Å². The van der Waals surface area contributed by atoms with E-state index >= 15 is 0 Å². The van der Waals surface area contributed by atoms with E-state index in [0.29, 0.717) is 13.0 Å². The molecule has 0 saturated heterocycles. The Morgan fingerprint density at radius 3 is 2.47 bits per heavy atom. The molecular formula is C12H17NO2. The van der Waals surface area contributed by atoms with Gasteiger partial charge >= 0.3 is 5.97 Å². The van der Waals surface area contributed by atoms with Crippen molar-refractivity contribution in [1.82, 2.24) is 5.32 Å². The number of rotatable bonds is 5. The Bertz CT molecular complexity index is 324. The molecule has 0 heterocycles. The largest absolute Gasteiger partial charge is 0.481 e. The van der Waals surface area contributed by atoms with Gasteiger partial charge in [0.1, 0.15) is 0 Å². The molecule has 1 aromatic carbocycles. The van der Waals surface area contributed by atoms with E-state index in [1.54, 1.807) is 6.92 Å². The molecule has 3 heteroatoms. The first-order valence-corrected chi connectivity index (χ1v) is 5.05. The van der Waals surface area contributed by atoms with Crippen LogP contribution in [0.2, 0.25) is 0 Å². The lowest BCUT2D eigenvalue weighted by Gasteiger charge is -2.25. The summed E-state index contributed by atoms with van der Waals surface area (Å²) in [6, 6.07) is 9.36. The van der Waals surface area contributed by atoms with Crippen LogP contribution >= 0.6 is 0 Å². The SMILES string of the molecule is CNCCC(C)(C(=O)O)c1ccccc1. The number of benzene rings is 1. The molecular weight excluding hydrogens is 190 g/mol. The van der Waals surface area contributed by atoms with Gasteiger partial charge in [-0.1, -0.05) is 30.3 Å². The van der Waals surface area contributed by atoms with E-state index in [-0.39, 0.29) is 0 Å². The smallest absolute Gasteiger partial charge is 0.313 e. The first-order valence-electron chi connectivity index (χ1n) is 5.05. The normalized spacial score (nSPS) is 14.5. The Morgan fingerprint density at radius 2 is 2.00 bits per heavy atom. The van der Waals surface area contributed by atoms with Gasteiger partial charge in [0.25, 0.3) is 0 Å². The van der Waals surface area contributed by atoms with Gasteiger partial charge in [0.2, 0.25) is 0 Å². The van der Waals surface area contributed by atoms with Gasteiger partial charge in [0.05, 0.1) is 5.41 Å². The van der Waals surface area contributed by atoms with Crippen LogP contribution in [0.3, 0.4) is 0 Å². The van der Waals surface area contributed by atoms with E-state index in [1.165, 1.54) is 0 Å². The van der Waals surface area contributed by atoms with Crippen molar-refractivity contribution in [3.63, 3.8) is 0 Å². The summed E-state index contributed by atoms with van der Waals surface area (Å²) in [6.07, 6.45) is 0.586. The molecule has 2 N–H and O–H groups in total. The minimum Gasteiger partial charge on any atom is -0.481 e. The molecule has 0 fully saturated rings.